The first-order valence-corrected chi connectivity index (χ1v) is 9.81. The summed E-state index contributed by atoms with van der Waals surface area (Å²) in [5.41, 5.74) is 0.339. The third kappa shape index (κ3) is 3.57. The van der Waals surface area contributed by atoms with E-state index in [1.807, 2.05) is 0 Å². The number of fused-ring (bicyclic) bond motifs is 1. The van der Waals surface area contributed by atoms with Crippen molar-refractivity contribution in [1.82, 2.24) is 19.3 Å². The number of benzene rings is 2. The summed E-state index contributed by atoms with van der Waals surface area (Å²) in [4.78, 5) is 30.6. The van der Waals surface area contributed by atoms with E-state index in [0.29, 0.717) is 27.5 Å². The fourth-order valence-corrected chi connectivity index (χ4v) is 3.52. The van der Waals surface area contributed by atoms with Gasteiger partial charge in [-0.3, -0.25) is 13.9 Å². The molecule has 0 saturated heterocycles. The van der Waals surface area contributed by atoms with Crippen LogP contribution < -0.4 is 11.2 Å². The lowest BCUT2D eigenvalue weighted by atomic mass is 10.2. The first kappa shape index (κ1) is 19.1. The molecule has 0 saturated carbocycles. The second-order valence-corrected chi connectivity index (χ2v) is 7.31. The van der Waals surface area contributed by atoms with Gasteiger partial charge in [-0.05, 0) is 48.5 Å². The van der Waals surface area contributed by atoms with Crippen LogP contribution in [-0.4, -0.2) is 19.3 Å². The van der Waals surface area contributed by atoms with Crippen LogP contribution in [0.1, 0.15) is 11.7 Å². The normalized spacial score (nSPS) is 11.3. The Balaban J connectivity index is 1.59. The molecule has 0 amide bonds. The Morgan fingerprint density at radius 2 is 1.71 bits per heavy atom. The highest BCUT2D eigenvalue weighted by atomic mass is 35.5. The number of para-hydroxylation sites is 1. The Labute approximate surface area is 179 Å². The minimum atomic E-state index is -0.494. The lowest BCUT2D eigenvalue weighted by Gasteiger charge is -2.12. The van der Waals surface area contributed by atoms with Gasteiger partial charge in [0.15, 0.2) is 0 Å². The predicted octanol–water partition coefficient (Wildman–Crippen LogP) is 3.56. The molecule has 154 valence electrons. The standard InChI is InChI=1S/C22H15ClN4O4/c23-15-9-7-14(8-10-15)20-24-19(31-25-20)13-26-18-6-2-1-5-17(18)21(28)27(22(26)29)12-16-4-3-11-30-16/h1-11H,12-13H2. The second-order valence-electron chi connectivity index (χ2n) is 6.88. The minimum absolute atomic E-state index is 0.0123. The topological polar surface area (TPSA) is 96.1 Å². The van der Waals surface area contributed by atoms with Crippen molar-refractivity contribution in [1.29, 1.82) is 0 Å². The summed E-state index contributed by atoms with van der Waals surface area (Å²) in [5.74, 6) is 1.12. The summed E-state index contributed by atoms with van der Waals surface area (Å²) in [6.45, 7) is 0.0354. The molecule has 0 unspecified atom stereocenters. The van der Waals surface area contributed by atoms with E-state index in [-0.39, 0.29) is 24.5 Å². The van der Waals surface area contributed by atoms with Gasteiger partial charge in [-0.1, -0.05) is 28.9 Å². The molecule has 5 rings (SSSR count). The second kappa shape index (κ2) is 7.73. The Morgan fingerprint density at radius 3 is 2.48 bits per heavy atom. The van der Waals surface area contributed by atoms with Crippen LogP contribution in [0.2, 0.25) is 5.02 Å². The predicted molar refractivity (Wildman–Crippen MR) is 114 cm³/mol. The molecule has 0 aliphatic carbocycles. The van der Waals surface area contributed by atoms with Crippen LogP contribution in [-0.2, 0) is 13.1 Å². The molecule has 0 aliphatic heterocycles. The molecule has 0 fully saturated rings. The van der Waals surface area contributed by atoms with Crippen molar-refractivity contribution in [2.45, 2.75) is 13.1 Å². The van der Waals surface area contributed by atoms with Gasteiger partial charge in [-0.25, -0.2) is 4.79 Å². The summed E-state index contributed by atoms with van der Waals surface area (Å²) in [6.07, 6.45) is 1.50. The third-order valence-corrected chi connectivity index (χ3v) is 5.14. The maximum Gasteiger partial charge on any atom is 0.332 e. The average Bonchev–Trinajstić information content (AvgIpc) is 3.47. The van der Waals surface area contributed by atoms with Crippen molar-refractivity contribution < 1.29 is 8.94 Å². The van der Waals surface area contributed by atoms with E-state index in [0.717, 1.165) is 10.1 Å². The van der Waals surface area contributed by atoms with Crippen LogP contribution in [0.3, 0.4) is 0 Å². The fraction of sp³-hybridized carbons (Fsp3) is 0.0909. The maximum absolute atomic E-state index is 13.2. The Bertz CT molecular complexity index is 1480. The minimum Gasteiger partial charge on any atom is -0.467 e. The van der Waals surface area contributed by atoms with Gasteiger partial charge in [0.2, 0.25) is 11.7 Å². The zero-order valence-corrected chi connectivity index (χ0v) is 16.8. The Kier molecular flexibility index (Phi) is 4.76. The first-order valence-electron chi connectivity index (χ1n) is 9.43. The molecule has 3 aromatic heterocycles. The third-order valence-electron chi connectivity index (χ3n) is 4.89. The zero-order chi connectivity index (χ0) is 21.4. The number of rotatable bonds is 5. The van der Waals surface area contributed by atoms with Crippen LogP contribution in [0.15, 0.2) is 85.5 Å². The van der Waals surface area contributed by atoms with E-state index in [4.69, 9.17) is 20.5 Å². The van der Waals surface area contributed by atoms with Gasteiger partial charge in [-0.2, -0.15) is 4.98 Å². The number of nitrogens with zero attached hydrogens (tertiary/aromatic N) is 4. The first-order chi connectivity index (χ1) is 15.1. The zero-order valence-electron chi connectivity index (χ0n) is 16.1. The molecule has 0 aliphatic rings. The average molecular weight is 435 g/mol. The summed E-state index contributed by atoms with van der Waals surface area (Å²) in [7, 11) is 0. The van der Waals surface area contributed by atoms with E-state index in [1.54, 1.807) is 60.7 Å². The molecular formula is C22H15ClN4O4. The summed E-state index contributed by atoms with van der Waals surface area (Å²) < 4.78 is 13.3. The fourth-order valence-electron chi connectivity index (χ4n) is 3.39. The van der Waals surface area contributed by atoms with Crippen molar-refractivity contribution in [2.24, 2.45) is 0 Å². The van der Waals surface area contributed by atoms with E-state index in [1.165, 1.54) is 10.8 Å². The molecule has 8 nitrogen and oxygen atoms in total. The van der Waals surface area contributed by atoms with E-state index >= 15 is 0 Å². The number of furan rings is 1. The van der Waals surface area contributed by atoms with Crippen molar-refractivity contribution in [2.75, 3.05) is 0 Å². The largest absolute Gasteiger partial charge is 0.467 e. The monoisotopic (exact) mass is 434 g/mol. The van der Waals surface area contributed by atoms with E-state index in [9.17, 15) is 9.59 Å². The molecule has 0 N–H and O–H groups in total. The van der Waals surface area contributed by atoms with Crippen LogP contribution >= 0.6 is 11.6 Å². The van der Waals surface area contributed by atoms with Crippen LogP contribution in [0, 0.1) is 0 Å². The lowest BCUT2D eigenvalue weighted by Crippen LogP contribution is -2.40. The van der Waals surface area contributed by atoms with Gasteiger partial charge in [0.25, 0.3) is 5.56 Å². The highest BCUT2D eigenvalue weighted by Gasteiger charge is 2.17. The summed E-state index contributed by atoms with van der Waals surface area (Å²) in [5, 5.41) is 5.00. The van der Waals surface area contributed by atoms with Gasteiger partial charge in [0.05, 0.1) is 23.7 Å². The lowest BCUT2D eigenvalue weighted by molar-refractivity contribution is 0.369. The quantitative estimate of drug-likeness (QED) is 0.419. The van der Waals surface area contributed by atoms with Gasteiger partial charge >= 0.3 is 5.69 Å². The molecule has 2 aromatic carbocycles. The molecule has 3 heterocycles. The number of hydrogen-bond acceptors (Lipinski definition) is 6. The molecule has 0 spiro atoms. The van der Waals surface area contributed by atoms with Crippen LogP contribution in [0.4, 0.5) is 0 Å². The van der Waals surface area contributed by atoms with Crippen LogP contribution in [0.5, 0.6) is 0 Å². The Morgan fingerprint density at radius 1 is 0.903 bits per heavy atom. The number of aromatic nitrogens is 4. The Hall–Kier alpha value is -3.91. The molecule has 0 atom stereocenters. The molecular weight excluding hydrogens is 420 g/mol. The van der Waals surface area contributed by atoms with Gasteiger partial charge in [0.1, 0.15) is 12.3 Å². The van der Waals surface area contributed by atoms with Gasteiger partial charge in [0, 0.05) is 10.6 Å². The van der Waals surface area contributed by atoms with E-state index in [2.05, 4.69) is 10.1 Å². The molecule has 0 bridgehead atoms. The van der Waals surface area contributed by atoms with Crippen LogP contribution in [0.25, 0.3) is 22.3 Å². The van der Waals surface area contributed by atoms with Crippen molar-refractivity contribution >= 4 is 22.5 Å². The smallest absolute Gasteiger partial charge is 0.332 e. The van der Waals surface area contributed by atoms with E-state index < -0.39 is 5.69 Å². The number of hydrogen-bond donors (Lipinski definition) is 0. The maximum atomic E-state index is 13.2. The molecule has 31 heavy (non-hydrogen) atoms. The number of halogens is 1. The highest BCUT2D eigenvalue weighted by molar-refractivity contribution is 6.30. The highest BCUT2D eigenvalue weighted by Crippen LogP contribution is 2.19. The molecule has 0 radical (unpaired) electrons. The SMILES string of the molecule is O=c1c2ccccc2n(Cc2nc(-c3ccc(Cl)cc3)no2)c(=O)n1Cc1ccco1. The van der Waals surface area contributed by atoms with Crippen molar-refractivity contribution in [3.8, 4) is 11.4 Å². The molecule has 9 heteroatoms. The molecule has 5 aromatic rings. The van der Waals surface area contributed by atoms with Gasteiger partial charge in [-0.15, -0.1) is 0 Å². The van der Waals surface area contributed by atoms with Gasteiger partial charge < -0.3 is 8.94 Å². The summed E-state index contributed by atoms with van der Waals surface area (Å²) in [6, 6.07) is 17.3. The van der Waals surface area contributed by atoms with Crippen molar-refractivity contribution in [3.63, 3.8) is 0 Å². The van der Waals surface area contributed by atoms with Crippen molar-refractivity contribution in [3.05, 3.63) is 104 Å². The summed E-state index contributed by atoms with van der Waals surface area (Å²) >= 11 is 5.93.